The van der Waals surface area contributed by atoms with Gasteiger partial charge in [-0.3, -0.25) is 4.79 Å². The van der Waals surface area contributed by atoms with E-state index < -0.39 is 15.9 Å². The van der Waals surface area contributed by atoms with Crippen LogP contribution in [0.4, 0.5) is 5.69 Å². The third kappa shape index (κ3) is 5.16. The molecule has 0 fully saturated rings. The molecule has 0 heterocycles. The summed E-state index contributed by atoms with van der Waals surface area (Å²) >= 11 is 0. The first-order valence-electron chi connectivity index (χ1n) is 8.61. The van der Waals surface area contributed by atoms with Crippen LogP contribution in [0.5, 0.6) is 0 Å². The zero-order valence-corrected chi connectivity index (χ0v) is 16.5. The third-order valence-electron chi connectivity index (χ3n) is 4.16. The molecule has 2 aromatic carbocycles. The van der Waals surface area contributed by atoms with E-state index in [0.29, 0.717) is 17.7 Å². The fourth-order valence-corrected chi connectivity index (χ4v) is 4.36. The van der Waals surface area contributed by atoms with E-state index in [-0.39, 0.29) is 18.0 Å². The Hall–Kier alpha value is -2.69. The molecule has 2 rings (SSSR count). The van der Waals surface area contributed by atoms with Crippen molar-refractivity contribution in [2.45, 2.75) is 32.1 Å². The molecule has 6 nitrogen and oxygen atoms in total. The van der Waals surface area contributed by atoms with Crippen LogP contribution in [0.3, 0.4) is 0 Å². The van der Waals surface area contributed by atoms with E-state index in [1.54, 1.807) is 50.2 Å². The number of anilines is 1. The van der Waals surface area contributed by atoms with Crippen LogP contribution in [0.15, 0.2) is 47.4 Å². The molecule has 0 bridgehead atoms. The molecule has 0 aliphatic rings. The lowest BCUT2D eigenvalue weighted by atomic mass is 10.1. The Morgan fingerprint density at radius 3 is 2.41 bits per heavy atom. The molecule has 0 saturated heterocycles. The predicted molar refractivity (Wildman–Crippen MR) is 105 cm³/mol. The van der Waals surface area contributed by atoms with Gasteiger partial charge in [-0.25, -0.2) is 8.42 Å². The van der Waals surface area contributed by atoms with E-state index in [1.165, 1.54) is 0 Å². The topological polar surface area (TPSA) is 90.3 Å². The molecule has 142 valence electrons. The minimum absolute atomic E-state index is 0.185. The Balaban J connectivity index is 2.14. The molecule has 1 amide bonds. The Morgan fingerprint density at radius 1 is 1.15 bits per heavy atom. The van der Waals surface area contributed by atoms with E-state index in [0.717, 1.165) is 15.4 Å². The molecule has 7 heteroatoms. The van der Waals surface area contributed by atoms with Gasteiger partial charge in [0.15, 0.2) is 0 Å². The van der Waals surface area contributed by atoms with Crippen molar-refractivity contribution < 1.29 is 13.2 Å². The van der Waals surface area contributed by atoms with Crippen LogP contribution < -0.4 is 5.32 Å². The van der Waals surface area contributed by atoms with Crippen molar-refractivity contribution in [3.05, 3.63) is 59.2 Å². The summed E-state index contributed by atoms with van der Waals surface area (Å²) < 4.78 is 27.1. The number of nitrogens with zero attached hydrogens (tertiary/aromatic N) is 2. The molecule has 0 aliphatic heterocycles. The smallest absolute Gasteiger partial charge is 0.243 e. The molecule has 0 unspecified atom stereocenters. The summed E-state index contributed by atoms with van der Waals surface area (Å²) in [5.74, 6) is -0.418. The van der Waals surface area contributed by atoms with Crippen molar-refractivity contribution in [2.24, 2.45) is 0 Å². The normalized spacial score (nSPS) is 11.2. The zero-order chi connectivity index (χ0) is 20.0. The van der Waals surface area contributed by atoms with Gasteiger partial charge in [0.2, 0.25) is 15.9 Å². The van der Waals surface area contributed by atoms with Gasteiger partial charge in [-0.05, 0) is 48.7 Å². The van der Waals surface area contributed by atoms with Crippen LogP contribution in [0, 0.1) is 25.2 Å². The quantitative estimate of drug-likeness (QED) is 0.793. The summed E-state index contributed by atoms with van der Waals surface area (Å²) in [7, 11) is -3.77. The minimum atomic E-state index is -3.77. The van der Waals surface area contributed by atoms with Crippen molar-refractivity contribution in [1.29, 1.82) is 5.26 Å². The number of rotatable bonds is 7. The fourth-order valence-electron chi connectivity index (χ4n) is 2.65. The van der Waals surface area contributed by atoms with Crippen LogP contribution in [-0.4, -0.2) is 31.7 Å². The first-order valence-corrected chi connectivity index (χ1v) is 10.0. The summed E-state index contributed by atoms with van der Waals surface area (Å²) in [5, 5.41) is 11.4. The predicted octanol–water partition coefficient (Wildman–Crippen LogP) is 3.02. The standard InChI is InChI=1S/C20H23N3O3S/c1-4-23(27(25,26)19-13-15(2)5-6-16(19)3)14-20(24)22-18-9-7-17(8-10-18)11-12-21/h5-10,13H,4,11,14H2,1-3H3,(H,22,24). The summed E-state index contributed by atoms with van der Waals surface area (Å²) in [6.07, 6.45) is 0.298. The second kappa shape index (κ2) is 8.80. The average molecular weight is 385 g/mol. The van der Waals surface area contributed by atoms with Crippen molar-refractivity contribution in [1.82, 2.24) is 4.31 Å². The molecule has 0 atom stereocenters. The van der Waals surface area contributed by atoms with E-state index >= 15 is 0 Å². The van der Waals surface area contributed by atoms with Gasteiger partial charge < -0.3 is 5.32 Å². The molecule has 0 spiro atoms. The van der Waals surface area contributed by atoms with Gasteiger partial charge in [-0.2, -0.15) is 9.57 Å². The lowest BCUT2D eigenvalue weighted by Crippen LogP contribution is -2.38. The number of nitrogens with one attached hydrogen (secondary N) is 1. The van der Waals surface area contributed by atoms with E-state index in [4.69, 9.17) is 5.26 Å². The van der Waals surface area contributed by atoms with Crippen LogP contribution in [0.1, 0.15) is 23.6 Å². The van der Waals surface area contributed by atoms with Gasteiger partial charge in [-0.1, -0.05) is 31.2 Å². The van der Waals surface area contributed by atoms with E-state index in [1.807, 2.05) is 13.0 Å². The number of hydrogen-bond donors (Lipinski definition) is 1. The van der Waals surface area contributed by atoms with Crippen molar-refractivity contribution in [2.75, 3.05) is 18.4 Å². The van der Waals surface area contributed by atoms with Crippen molar-refractivity contribution in [3.63, 3.8) is 0 Å². The molecule has 0 radical (unpaired) electrons. The summed E-state index contributed by atoms with van der Waals surface area (Å²) in [6.45, 7) is 5.18. The highest BCUT2D eigenvalue weighted by Gasteiger charge is 2.26. The number of amides is 1. The second-order valence-corrected chi connectivity index (χ2v) is 8.19. The number of sulfonamides is 1. The number of benzene rings is 2. The Bertz CT molecular complexity index is 961. The maximum Gasteiger partial charge on any atom is 0.243 e. The fraction of sp³-hybridized carbons (Fsp3) is 0.300. The summed E-state index contributed by atoms with van der Waals surface area (Å²) in [4.78, 5) is 12.6. The van der Waals surface area contributed by atoms with Gasteiger partial charge >= 0.3 is 0 Å². The van der Waals surface area contributed by atoms with Crippen LogP contribution >= 0.6 is 0 Å². The van der Waals surface area contributed by atoms with Crippen LogP contribution in [-0.2, 0) is 21.2 Å². The number of carbonyl (C=O) groups is 1. The number of carbonyl (C=O) groups excluding carboxylic acids is 1. The first kappa shape index (κ1) is 20.6. The van der Waals surface area contributed by atoms with Crippen LogP contribution in [0.2, 0.25) is 0 Å². The van der Waals surface area contributed by atoms with Crippen molar-refractivity contribution >= 4 is 21.6 Å². The zero-order valence-electron chi connectivity index (χ0n) is 15.7. The molecular formula is C20H23N3O3S. The van der Waals surface area contributed by atoms with Crippen LogP contribution in [0.25, 0.3) is 0 Å². The SMILES string of the molecule is CCN(CC(=O)Nc1ccc(CC#N)cc1)S(=O)(=O)c1cc(C)ccc1C. The van der Waals surface area contributed by atoms with Gasteiger partial charge in [0, 0.05) is 12.2 Å². The highest BCUT2D eigenvalue weighted by atomic mass is 32.2. The number of nitriles is 1. The molecule has 1 N–H and O–H groups in total. The summed E-state index contributed by atoms with van der Waals surface area (Å²) in [5.41, 5.74) is 2.90. The highest BCUT2D eigenvalue weighted by molar-refractivity contribution is 7.89. The molecular weight excluding hydrogens is 362 g/mol. The first-order chi connectivity index (χ1) is 12.8. The average Bonchev–Trinajstić information content (AvgIpc) is 2.63. The minimum Gasteiger partial charge on any atom is -0.325 e. The monoisotopic (exact) mass is 385 g/mol. The lowest BCUT2D eigenvalue weighted by molar-refractivity contribution is -0.116. The molecule has 2 aromatic rings. The largest absolute Gasteiger partial charge is 0.325 e. The van der Waals surface area contributed by atoms with E-state index in [2.05, 4.69) is 11.4 Å². The number of likely N-dealkylation sites (N-methyl/N-ethyl adjacent to an activating group) is 1. The maximum atomic E-state index is 13.0. The molecule has 27 heavy (non-hydrogen) atoms. The number of aryl methyl sites for hydroxylation is 2. The Morgan fingerprint density at radius 2 is 1.81 bits per heavy atom. The molecule has 0 saturated carbocycles. The summed E-state index contributed by atoms with van der Waals surface area (Å²) in [6, 6.07) is 14.2. The van der Waals surface area contributed by atoms with E-state index in [9.17, 15) is 13.2 Å². The maximum absolute atomic E-state index is 13.0. The Kier molecular flexibility index (Phi) is 6.72. The van der Waals surface area contributed by atoms with Gasteiger partial charge in [-0.15, -0.1) is 0 Å². The second-order valence-electron chi connectivity index (χ2n) is 6.28. The lowest BCUT2D eigenvalue weighted by Gasteiger charge is -2.21. The third-order valence-corrected chi connectivity index (χ3v) is 6.22. The Labute approximate surface area is 160 Å². The van der Waals surface area contributed by atoms with Gasteiger partial charge in [0.1, 0.15) is 0 Å². The van der Waals surface area contributed by atoms with Gasteiger partial charge in [0.25, 0.3) is 0 Å². The molecule has 0 aromatic heterocycles. The highest BCUT2D eigenvalue weighted by Crippen LogP contribution is 2.21. The molecule has 0 aliphatic carbocycles. The van der Waals surface area contributed by atoms with Gasteiger partial charge in [0.05, 0.1) is 23.9 Å². The number of hydrogen-bond acceptors (Lipinski definition) is 4. The van der Waals surface area contributed by atoms with Crippen molar-refractivity contribution in [3.8, 4) is 6.07 Å².